The van der Waals surface area contributed by atoms with Crippen LogP contribution in [-0.2, 0) is 6.54 Å². The molecule has 0 aliphatic heterocycles. The van der Waals surface area contributed by atoms with Crippen LogP contribution in [0.1, 0.15) is 29.6 Å². The summed E-state index contributed by atoms with van der Waals surface area (Å²) in [6, 6.07) is 0. The Morgan fingerprint density at radius 1 is 1.00 bits per heavy atom. The van der Waals surface area contributed by atoms with E-state index in [1.54, 1.807) is 0 Å². The van der Waals surface area contributed by atoms with Gasteiger partial charge in [0.15, 0.2) is 0 Å². The first-order valence-electron chi connectivity index (χ1n) is 5.63. The van der Waals surface area contributed by atoms with Gasteiger partial charge >= 0.3 is 0 Å². The van der Waals surface area contributed by atoms with Crippen LogP contribution < -0.4 is 10.6 Å². The Hall–Kier alpha value is -0.800. The van der Waals surface area contributed by atoms with Crippen molar-refractivity contribution < 1.29 is 4.42 Å². The zero-order valence-electron chi connectivity index (χ0n) is 10.2. The molecule has 1 heterocycles. The second-order valence-corrected chi connectivity index (χ2v) is 3.85. The molecule has 0 saturated carbocycles. The summed E-state index contributed by atoms with van der Waals surface area (Å²) in [6.07, 6.45) is 0. The molecule has 1 aromatic rings. The standard InChI is InChI=1S/C12H22N2O/c1-5-13-6-7-14-8-12-9(2)10(3)15-11(12)4/h13-14H,5-8H2,1-4H3. The average Bonchev–Trinajstić information content (AvgIpc) is 2.44. The number of furan rings is 1. The molecule has 86 valence electrons. The van der Waals surface area contributed by atoms with Crippen molar-refractivity contribution in [3.8, 4) is 0 Å². The molecule has 0 radical (unpaired) electrons. The van der Waals surface area contributed by atoms with Gasteiger partial charge in [-0.15, -0.1) is 0 Å². The molecule has 1 rings (SSSR count). The molecule has 0 bridgehead atoms. The van der Waals surface area contributed by atoms with Gasteiger partial charge in [0.1, 0.15) is 11.5 Å². The van der Waals surface area contributed by atoms with E-state index in [9.17, 15) is 0 Å². The van der Waals surface area contributed by atoms with Crippen molar-refractivity contribution in [3.05, 3.63) is 22.6 Å². The van der Waals surface area contributed by atoms with Crippen molar-refractivity contribution in [2.24, 2.45) is 0 Å². The molecule has 0 unspecified atom stereocenters. The van der Waals surface area contributed by atoms with E-state index in [2.05, 4.69) is 24.5 Å². The molecule has 0 atom stereocenters. The largest absolute Gasteiger partial charge is 0.466 e. The topological polar surface area (TPSA) is 37.2 Å². The van der Waals surface area contributed by atoms with Crippen LogP contribution in [0.3, 0.4) is 0 Å². The van der Waals surface area contributed by atoms with Gasteiger partial charge in [0, 0.05) is 25.2 Å². The van der Waals surface area contributed by atoms with E-state index in [1.807, 2.05) is 13.8 Å². The Balaban J connectivity index is 2.37. The molecule has 1 aromatic heterocycles. The maximum absolute atomic E-state index is 5.57. The minimum absolute atomic E-state index is 0.903. The van der Waals surface area contributed by atoms with Gasteiger partial charge < -0.3 is 15.1 Å². The minimum Gasteiger partial charge on any atom is -0.466 e. The fraction of sp³-hybridized carbons (Fsp3) is 0.667. The summed E-state index contributed by atoms with van der Waals surface area (Å²) in [5, 5.41) is 6.69. The third-order valence-electron chi connectivity index (χ3n) is 2.74. The van der Waals surface area contributed by atoms with E-state index in [1.165, 1.54) is 11.1 Å². The lowest BCUT2D eigenvalue weighted by molar-refractivity contribution is 0.497. The highest BCUT2D eigenvalue weighted by Gasteiger charge is 2.09. The monoisotopic (exact) mass is 210 g/mol. The lowest BCUT2D eigenvalue weighted by atomic mass is 10.1. The summed E-state index contributed by atoms with van der Waals surface area (Å²) in [5.74, 6) is 2.08. The smallest absolute Gasteiger partial charge is 0.105 e. The van der Waals surface area contributed by atoms with E-state index in [-0.39, 0.29) is 0 Å². The minimum atomic E-state index is 0.903. The zero-order valence-corrected chi connectivity index (χ0v) is 10.2. The van der Waals surface area contributed by atoms with Crippen molar-refractivity contribution in [1.29, 1.82) is 0 Å². The van der Waals surface area contributed by atoms with Crippen LogP contribution in [-0.4, -0.2) is 19.6 Å². The number of likely N-dealkylation sites (N-methyl/N-ethyl adjacent to an activating group) is 1. The summed E-state index contributed by atoms with van der Waals surface area (Å²) in [7, 11) is 0. The Labute approximate surface area is 92.2 Å². The maximum atomic E-state index is 5.57. The van der Waals surface area contributed by atoms with E-state index < -0.39 is 0 Å². The lowest BCUT2D eigenvalue weighted by Crippen LogP contribution is -2.27. The van der Waals surface area contributed by atoms with Crippen molar-refractivity contribution in [2.45, 2.75) is 34.2 Å². The number of hydrogen-bond acceptors (Lipinski definition) is 3. The highest BCUT2D eigenvalue weighted by atomic mass is 16.3. The molecule has 0 aliphatic rings. The Morgan fingerprint density at radius 2 is 1.67 bits per heavy atom. The molecule has 0 aliphatic carbocycles. The molecular weight excluding hydrogens is 188 g/mol. The summed E-state index contributed by atoms with van der Waals surface area (Å²) in [5.41, 5.74) is 2.59. The molecule has 0 spiro atoms. The van der Waals surface area contributed by atoms with E-state index in [4.69, 9.17) is 4.42 Å². The van der Waals surface area contributed by atoms with E-state index in [0.29, 0.717) is 0 Å². The third kappa shape index (κ3) is 3.36. The lowest BCUT2D eigenvalue weighted by Gasteiger charge is -2.05. The number of nitrogens with one attached hydrogen (secondary N) is 2. The van der Waals surface area contributed by atoms with Gasteiger partial charge in [0.2, 0.25) is 0 Å². The number of rotatable bonds is 6. The average molecular weight is 210 g/mol. The molecule has 3 heteroatoms. The summed E-state index contributed by atoms with van der Waals surface area (Å²) in [4.78, 5) is 0. The molecule has 2 N–H and O–H groups in total. The van der Waals surface area contributed by atoms with Gasteiger partial charge in [0.25, 0.3) is 0 Å². The van der Waals surface area contributed by atoms with Crippen LogP contribution >= 0.6 is 0 Å². The van der Waals surface area contributed by atoms with Crippen molar-refractivity contribution >= 4 is 0 Å². The van der Waals surface area contributed by atoms with Crippen molar-refractivity contribution in [3.63, 3.8) is 0 Å². The maximum Gasteiger partial charge on any atom is 0.105 e. The second kappa shape index (κ2) is 5.93. The first-order chi connectivity index (χ1) is 7.16. The summed E-state index contributed by atoms with van der Waals surface area (Å²) < 4.78 is 5.57. The Morgan fingerprint density at radius 3 is 2.20 bits per heavy atom. The second-order valence-electron chi connectivity index (χ2n) is 3.85. The van der Waals surface area contributed by atoms with Crippen LogP contribution in [0.4, 0.5) is 0 Å². The van der Waals surface area contributed by atoms with E-state index >= 15 is 0 Å². The van der Waals surface area contributed by atoms with Crippen molar-refractivity contribution in [2.75, 3.05) is 19.6 Å². The predicted octanol–water partition coefficient (Wildman–Crippen LogP) is 1.90. The molecular formula is C12H22N2O. The van der Waals surface area contributed by atoms with Gasteiger partial charge in [-0.05, 0) is 32.9 Å². The highest BCUT2D eigenvalue weighted by Crippen LogP contribution is 2.19. The molecule has 0 saturated heterocycles. The van der Waals surface area contributed by atoms with Gasteiger partial charge in [-0.2, -0.15) is 0 Å². The highest BCUT2D eigenvalue weighted by molar-refractivity contribution is 5.31. The molecule has 3 nitrogen and oxygen atoms in total. The quantitative estimate of drug-likeness (QED) is 0.704. The van der Waals surface area contributed by atoms with Crippen LogP contribution in [0.5, 0.6) is 0 Å². The summed E-state index contributed by atoms with van der Waals surface area (Å²) >= 11 is 0. The molecule has 15 heavy (non-hydrogen) atoms. The van der Waals surface area contributed by atoms with Crippen LogP contribution in [0, 0.1) is 20.8 Å². The fourth-order valence-electron chi connectivity index (χ4n) is 1.67. The zero-order chi connectivity index (χ0) is 11.3. The van der Waals surface area contributed by atoms with Crippen LogP contribution in [0.15, 0.2) is 4.42 Å². The number of hydrogen-bond donors (Lipinski definition) is 2. The van der Waals surface area contributed by atoms with E-state index in [0.717, 1.165) is 37.7 Å². The van der Waals surface area contributed by atoms with Crippen LogP contribution in [0.2, 0.25) is 0 Å². The van der Waals surface area contributed by atoms with Gasteiger partial charge in [-0.25, -0.2) is 0 Å². The molecule has 0 amide bonds. The summed E-state index contributed by atoms with van der Waals surface area (Å²) in [6.45, 7) is 12.2. The SMILES string of the molecule is CCNCCNCc1c(C)oc(C)c1C. The Bertz CT molecular complexity index is 305. The number of aryl methyl sites for hydroxylation is 2. The fourth-order valence-corrected chi connectivity index (χ4v) is 1.67. The first-order valence-corrected chi connectivity index (χ1v) is 5.63. The normalized spacial score (nSPS) is 10.9. The molecule has 0 fully saturated rings. The molecule has 0 aromatic carbocycles. The predicted molar refractivity (Wildman–Crippen MR) is 63.2 cm³/mol. The first kappa shape index (κ1) is 12.3. The van der Waals surface area contributed by atoms with Gasteiger partial charge in [0.05, 0.1) is 0 Å². The van der Waals surface area contributed by atoms with Crippen LogP contribution in [0.25, 0.3) is 0 Å². The van der Waals surface area contributed by atoms with Gasteiger partial charge in [-0.1, -0.05) is 6.92 Å². The Kier molecular flexibility index (Phi) is 4.85. The van der Waals surface area contributed by atoms with Gasteiger partial charge in [-0.3, -0.25) is 0 Å². The third-order valence-corrected chi connectivity index (χ3v) is 2.74. The van der Waals surface area contributed by atoms with Crippen molar-refractivity contribution in [1.82, 2.24) is 10.6 Å².